The van der Waals surface area contributed by atoms with Crippen LogP contribution in [0.4, 0.5) is 0 Å². The molecule has 1 N–H and O–H groups in total. The highest BCUT2D eigenvalue weighted by molar-refractivity contribution is 5.94. The number of rotatable bonds is 6. The number of carbonyl (C=O) groups is 2. The van der Waals surface area contributed by atoms with Crippen molar-refractivity contribution in [2.75, 3.05) is 13.2 Å². The van der Waals surface area contributed by atoms with E-state index in [2.05, 4.69) is 10.3 Å². The Morgan fingerprint density at radius 2 is 1.76 bits per heavy atom. The minimum Gasteiger partial charge on any atom is -0.460 e. The number of benzene rings is 2. The number of esters is 1. The average Bonchev–Trinajstić information content (AvgIpc) is 3.20. The molecule has 0 bridgehead atoms. The summed E-state index contributed by atoms with van der Waals surface area (Å²) in [5.74, 6) is -0.0188. The lowest BCUT2D eigenvalue weighted by molar-refractivity contribution is 0.0503. The van der Waals surface area contributed by atoms with Crippen LogP contribution in [-0.2, 0) is 4.74 Å². The van der Waals surface area contributed by atoms with Gasteiger partial charge in [-0.1, -0.05) is 30.3 Å². The molecule has 0 fully saturated rings. The van der Waals surface area contributed by atoms with Gasteiger partial charge in [0.15, 0.2) is 12.2 Å². The van der Waals surface area contributed by atoms with E-state index in [9.17, 15) is 9.59 Å². The van der Waals surface area contributed by atoms with E-state index in [1.165, 1.54) is 6.39 Å². The van der Waals surface area contributed by atoms with Crippen molar-refractivity contribution in [1.82, 2.24) is 10.3 Å². The Labute approximate surface area is 144 Å². The predicted molar refractivity (Wildman–Crippen MR) is 91.0 cm³/mol. The van der Waals surface area contributed by atoms with Crippen molar-refractivity contribution in [2.24, 2.45) is 0 Å². The molecule has 0 aliphatic rings. The maximum atomic E-state index is 12.0. The summed E-state index contributed by atoms with van der Waals surface area (Å²) in [6.45, 7) is 0.344. The monoisotopic (exact) mass is 336 g/mol. The van der Waals surface area contributed by atoms with Crippen molar-refractivity contribution < 1.29 is 18.7 Å². The van der Waals surface area contributed by atoms with Gasteiger partial charge in [0, 0.05) is 11.1 Å². The third-order valence-corrected chi connectivity index (χ3v) is 3.49. The Hall–Kier alpha value is -3.41. The molecular weight excluding hydrogens is 320 g/mol. The van der Waals surface area contributed by atoms with Gasteiger partial charge >= 0.3 is 5.97 Å². The number of amides is 1. The molecule has 25 heavy (non-hydrogen) atoms. The molecule has 0 radical (unpaired) electrons. The molecule has 0 aliphatic carbocycles. The quantitative estimate of drug-likeness (QED) is 0.553. The van der Waals surface area contributed by atoms with Crippen LogP contribution in [-0.4, -0.2) is 30.0 Å². The zero-order valence-electron chi connectivity index (χ0n) is 13.3. The molecule has 0 aliphatic heterocycles. The standard InChI is InChI=1S/C19H16N2O4/c22-18(15-4-2-1-3-5-15)21-10-11-24-19(23)16-8-6-14(7-9-16)17-12-20-13-25-17/h1-9,12-13H,10-11H2,(H,21,22). The van der Waals surface area contributed by atoms with Gasteiger partial charge in [-0.25, -0.2) is 9.78 Å². The SMILES string of the molecule is O=C(NCCOC(=O)c1ccc(-c2cnco2)cc1)c1ccccc1. The van der Waals surface area contributed by atoms with Crippen LogP contribution in [0.25, 0.3) is 11.3 Å². The molecule has 3 rings (SSSR count). The molecule has 6 heteroatoms. The maximum absolute atomic E-state index is 12.0. The van der Waals surface area contributed by atoms with E-state index in [1.54, 1.807) is 54.7 Å². The Bertz CT molecular complexity index is 828. The fourth-order valence-electron chi connectivity index (χ4n) is 2.21. The highest BCUT2D eigenvalue weighted by Crippen LogP contribution is 2.19. The summed E-state index contributed by atoms with van der Waals surface area (Å²) < 4.78 is 10.3. The number of aromatic nitrogens is 1. The van der Waals surface area contributed by atoms with Crippen LogP contribution in [0.1, 0.15) is 20.7 Å². The van der Waals surface area contributed by atoms with E-state index in [4.69, 9.17) is 9.15 Å². The topological polar surface area (TPSA) is 81.4 Å². The molecule has 3 aromatic rings. The van der Waals surface area contributed by atoms with Crippen LogP contribution in [0, 0.1) is 0 Å². The van der Waals surface area contributed by atoms with E-state index in [-0.39, 0.29) is 19.1 Å². The highest BCUT2D eigenvalue weighted by Gasteiger charge is 2.09. The largest absolute Gasteiger partial charge is 0.460 e. The average molecular weight is 336 g/mol. The first-order valence-electron chi connectivity index (χ1n) is 7.73. The first kappa shape index (κ1) is 16.4. The molecule has 0 atom stereocenters. The summed E-state index contributed by atoms with van der Waals surface area (Å²) in [6.07, 6.45) is 2.95. The number of nitrogens with one attached hydrogen (secondary N) is 1. The Kier molecular flexibility index (Phi) is 5.21. The Morgan fingerprint density at radius 1 is 1.00 bits per heavy atom. The summed E-state index contributed by atoms with van der Waals surface area (Å²) in [4.78, 5) is 27.7. The summed E-state index contributed by atoms with van der Waals surface area (Å²) >= 11 is 0. The fraction of sp³-hybridized carbons (Fsp3) is 0.105. The van der Waals surface area contributed by atoms with E-state index >= 15 is 0 Å². The van der Waals surface area contributed by atoms with E-state index < -0.39 is 5.97 Å². The van der Waals surface area contributed by atoms with Crippen LogP contribution in [0.15, 0.2) is 71.6 Å². The van der Waals surface area contributed by atoms with Gasteiger partial charge in [-0.2, -0.15) is 0 Å². The third-order valence-electron chi connectivity index (χ3n) is 3.49. The summed E-state index contributed by atoms with van der Waals surface area (Å²) in [5.41, 5.74) is 1.82. The van der Waals surface area contributed by atoms with Crippen LogP contribution >= 0.6 is 0 Å². The van der Waals surface area contributed by atoms with Crippen LogP contribution < -0.4 is 5.32 Å². The maximum Gasteiger partial charge on any atom is 0.338 e. The van der Waals surface area contributed by atoms with Gasteiger partial charge in [-0.05, 0) is 24.3 Å². The van der Waals surface area contributed by atoms with Crippen LogP contribution in [0.5, 0.6) is 0 Å². The normalized spacial score (nSPS) is 10.2. The zero-order valence-corrected chi connectivity index (χ0v) is 13.3. The number of oxazole rings is 1. The Morgan fingerprint density at radius 3 is 2.44 bits per heavy atom. The van der Waals surface area contributed by atoms with Crippen molar-refractivity contribution in [1.29, 1.82) is 0 Å². The first-order valence-corrected chi connectivity index (χ1v) is 7.73. The van der Waals surface area contributed by atoms with Gasteiger partial charge in [0.1, 0.15) is 6.61 Å². The molecule has 2 aromatic carbocycles. The van der Waals surface area contributed by atoms with Crippen molar-refractivity contribution in [3.63, 3.8) is 0 Å². The minimum absolute atomic E-state index is 0.0985. The first-order chi connectivity index (χ1) is 12.2. The summed E-state index contributed by atoms with van der Waals surface area (Å²) in [5, 5.41) is 2.70. The van der Waals surface area contributed by atoms with Gasteiger partial charge in [0.25, 0.3) is 5.91 Å². The lowest BCUT2D eigenvalue weighted by Gasteiger charge is -2.07. The zero-order chi connectivity index (χ0) is 17.5. The van der Waals surface area contributed by atoms with Gasteiger partial charge in [0.05, 0.1) is 18.3 Å². The van der Waals surface area contributed by atoms with Crippen LogP contribution in [0.2, 0.25) is 0 Å². The number of nitrogens with zero attached hydrogens (tertiary/aromatic N) is 1. The second kappa shape index (κ2) is 7.92. The van der Waals surface area contributed by atoms with Gasteiger partial charge in [0.2, 0.25) is 0 Å². The smallest absolute Gasteiger partial charge is 0.338 e. The van der Waals surface area contributed by atoms with E-state index in [0.29, 0.717) is 16.9 Å². The summed E-state index contributed by atoms with van der Waals surface area (Å²) in [6, 6.07) is 15.7. The van der Waals surface area contributed by atoms with Crippen molar-refractivity contribution in [2.45, 2.75) is 0 Å². The molecule has 1 heterocycles. The van der Waals surface area contributed by atoms with Gasteiger partial charge in [-0.15, -0.1) is 0 Å². The van der Waals surface area contributed by atoms with Crippen molar-refractivity contribution >= 4 is 11.9 Å². The summed E-state index contributed by atoms with van der Waals surface area (Å²) in [7, 11) is 0. The number of hydrogen-bond acceptors (Lipinski definition) is 5. The molecule has 0 saturated carbocycles. The number of ether oxygens (including phenoxy) is 1. The molecule has 0 spiro atoms. The van der Waals surface area contributed by atoms with Gasteiger partial charge in [-0.3, -0.25) is 4.79 Å². The molecular formula is C19H16N2O4. The lowest BCUT2D eigenvalue weighted by atomic mass is 10.1. The van der Waals surface area contributed by atoms with E-state index in [1.807, 2.05) is 6.07 Å². The second-order valence-electron chi connectivity index (χ2n) is 5.20. The van der Waals surface area contributed by atoms with Crippen molar-refractivity contribution in [3.05, 3.63) is 78.3 Å². The highest BCUT2D eigenvalue weighted by atomic mass is 16.5. The van der Waals surface area contributed by atoms with E-state index in [0.717, 1.165) is 5.56 Å². The fourth-order valence-corrected chi connectivity index (χ4v) is 2.21. The van der Waals surface area contributed by atoms with Crippen molar-refractivity contribution in [3.8, 4) is 11.3 Å². The molecule has 6 nitrogen and oxygen atoms in total. The van der Waals surface area contributed by atoms with Crippen LogP contribution in [0.3, 0.4) is 0 Å². The molecule has 0 saturated heterocycles. The third kappa shape index (κ3) is 4.32. The molecule has 1 amide bonds. The predicted octanol–water partition coefficient (Wildman–Crippen LogP) is 2.93. The lowest BCUT2D eigenvalue weighted by Crippen LogP contribution is -2.28. The Balaban J connectivity index is 1.46. The number of hydrogen-bond donors (Lipinski definition) is 1. The minimum atomic E-state index is -0.446. The number of carbonyl (C=O) groups excluding carboxylic acids is 2. The van der Waals surface area contributed by atoms with Gasteiger partial charge < -0.3 is 14.5 Å². The molecule has 126 valence electrons. The molecule has 1 aromatic heterocycles. The second-order valence-corrected chi connectivity index (χ2v) is 5.20. The molecule has 0 unspecified atom stereocenters.